The molecule has 0 saturated carbocycles. The minimum absolute atomic E-state index is 0.271. The molecule has 0 atom stereocenters. The monoisotopic (exact) mass is 546 g/mol. The maximum Gasteiger partial charge on any atom is 0.413 e. The van der Waals surface area contributed by atoms with Gasteiger partial charge in [0.1, 0.15) is 5.52 Å². The molecule has 4 heterocycles. The molecule has 4 aromatic rings. The number of amides is 1. The van der Waals surface area contributed by atoms with Crippen LogP contribution in [0, 0.1) is 0 Å². The van der Waals surface area contributed by atoms with Crippen LogP contribution >= 0.6 is 0 Å². The van der Waals surface area contributed by atoms with Gasteiger partial charge in [-0.2, -0.15) is 0 Å². The number of ether oxygens (including phenoxy) is 2. The lowest BCUT2D eigenvalue weighted by molar-refractivity contribution is 0.0932. The van der Waals surface area contributed by atoms with Gasteiger partial charge in [0.05, 0.1) is 24.4 Å². The van der Waals surface area contributed by atoms with Crippen LogP contribution < -0.4 is 5.32 Å². The molecule has 40 heavy (non-hydrogen) atoms. The highest BCUT2D eigenvalue weighted by Crippen LogP contribution is 2.32. The molecule has 0 aliphatic carbocycles. The molecule has 212 valence electrons. The lowest BCUT2D eigenvalue weighted by Crippen LogP contribution is -2.46. The summed E-state index contributed by atoms with van der Waals surface area (Å²) in [7, 11) is 1.75. The molecule has 1 saturated heterocycles. The van der Waals surface area contributed by atoms with Crippen LogP contribution in [0.4, 0.5) is 10.7 Å². The first-order valence-corrected chi connectivity index (χ1v) is 13.8. The number of anilines is 1. The maximum absolute atomic E-state index is 11.9. The van der Waals surface area contributed by atoms with Gasteiger partial charge in [-0.15, -0.1) is 0 Å². The van der Waals surface area contributed by atoms with Crippen molar-refractivity contribution in [1.82, 2.24) is 34.7 Å². The molecule has 5 rings (SSSR count). The van der Waals surface area contributed by atoms with Crippen LogP contribution in [0.15, 0.2) is 48.9 Å². The number of H-pyrrole nitrogens is 1. The number of pyridine rings is 1. The van der Waals surface area contributed by atoms with Crippen LogP contribution in [0.2, 0.25) is 0 Å². The van der Waals surface area contributed by atoms with Crippen molar-refractivity contribution in [2.45, 2.75) is 27.3 Å². The van der Waals surface area contributed by atoms with Crippen molar-refractivity contribution in [3.8, 4) is 22.5 Å². The molecule has 1 aliphatic heterocycles. The topological polar surface area (TPSA) is 121 Å². The fourth-order valence-electron chi connectivity index (χ4n) is 4.53. The minimum atomic E-state index is -0.569. The highest BCUT2D eigenvalue weighted by Gasteiger charge is 2.18. The van der Waals surface area contributed by atoms with E-state index < -0.39 is 6.09 Å². The van der Waals surface area contributed by atoms with Crippen LogP contribution in [0.3, 0.4) is 0 Å². The van der Waals surface area contributed by atoms with E-state index in [1.54, 1.807) is 32.5 Å². The normalized spacial score (nSPS) is 14.0. The summed E-state index contributed by atoms with van der Waals surface area (Å²) in [4.78, 5) is 38.1. The Hall–Kier alpha value is -3.93. The summed E-state index contributed by atoms with van der Waals surface area (Å²) in [5.74, 6) is 0.839. The van der Waals surface area contributed by atoms with Crippen molar-refractivity contribution in [3.05, 3.63) is 54.6 Å². The molecule has 3 aromatic heterocycles. The molecule has 1 fully saturated rings. The highest BCUT2D eigenvalue weighted by molar-refractivity contribution is 5.96. The number of hydrogen-bond donors (Lipinski definition) is 2. The van der Waals surface area contributed by atoms with Crippen LogP contribution in [-0.4, -0.2) is 93.9 Å². The van der Waals surface area contributed by atoms with Crippen molar-refractivity contribution in [3.63, 3.8) is 0 Å². The molecule has 0 spiro atoms. The third kappa shape index (κ3) is 7.38. The highest BCUT2D eigenvalue weighted by atomic mass is 16.5. The number of carbonyl (C=O) groups excluding carboxylic acids is 1. The molecule has 0 unspecified atom stereocenters. The second-order valence-corrected chi connectivity index (χ2v) is 9.07. The number of nitrogens with zero attached hydrogens (tertiary/aromatic N) is 6. The number of benzene rings is 1. The van der Waals surface area contributed by atoms with E-state index in [9.17, 15) is 4.79 Å². The summed E-state index contributed by atoms with van der Waals surface area (Å²) in [6.45, 7) is 12.7. The Balaban J connectivity index is 0.00000181. The van der Waals surface area contributed by atoms with Gasteiger partial charge in [-0.05, 0) is 36.8 Å². The summed E-state index contributed by atoms with van der Waals surface area (Å²) >= 11 is 0. The second kappa shape index (κ2) is 14.5. The second-order valence-electron chi connectivity index (χ2n) is 9.07. The van der Waals surface area contributed by atoms with E-state index in [1.165, 1.54) is 0 Å². The minimum Gasteiger partial charge on any atom is -0.450 e. The van der Waals surface area contributed by atoms with Gasteiger partial charge in [0.25, 0.3) is 0 Å². The summed E-state index contributed by atoms with van der Waals surface area (Å²) in [6.07, 6.45) is 4.72. The maximum atomic E-state index is 11.9. The number of methoxy groups -OCH3 is 1. The Kier molecular flexibility index (Phi) is 10.5. The summed E-state index contributed by atoms with van der Waals surface area (Å²) in [5.41, 5.74) is 5.09. The molecular formula is C29H38N8O3. The average Bonchev–Trinajstić information content (AvgIpc) is 3.40. The number of carbonyl (C=O) groups is 1. The van der Waals surface area contributed by atoms with Gasteiger partial charge in [0.15, 0.2) is 5.82 Å². The SMILES string of the molecule is CC.CCOC(=O)Nc1nc2c(-c3ncccn3)cc(-c3ccc(CN4CCN(CCOC)CC4)nc3)cc2[nH]1. The number of hydrogen-bond acceptors (Lipinski definition) is 9. The molecule has 11 heteroatoms. The lowest BCUT2D eigenvalue weighted by Gasteiger charge is -2.34. The van der Waals surface area contributed by atoms with Crippen LogP contribution in [0.5, 0.6) is 0 Å². The quantitative estimate of drug-likeness (QED) is 0.314. The number of aromatic amines is 1. The molecule has 0 bridgehead atoms. The van der Waals surface area contributed by atoms with Gasteiger partial charge in [-0.1, -0.05) is 19.9 Å². The molecule has 1 amide bonds. The van der Waals surface area contributed by atoms with Gasteiger partial charge < -0.3 is 14.5 Å². The number of nitrogens with one attached hydrogen (secondary N) is 2. The Morgan fingerprint density at radius 3 is 2.45 bits per heavy atom. The third-order valence-corrected chi connectivity index (χ3v) is 6.51. The molecule has 11 nitrogen and oxygen atoms in total. The van der Waals surface area contributed by atoms with E-state index in [1.807, 2.05) is 32.2 Å². The largest absolute Gasteiger partial charge is 0.450 e. The number of rotatable bonds is 9. The number of fused-ring (bicyclic) bond motifs is 1. The zero-order valence-electron chi connectivity index (χ0n) is 23.7. The molecule has 1 aromatic carbocycles. The van der Waals surface area contributed by atoms with Gasteiger partial charge in [-0.3, -0.25) is 20.1 Å². The van der Waals surface area contributed by atoms with E-state index >= 15 is 0 Å². The lowest BCUT2D eigenvalue weighted by atomic mass is 10.0. The number of aromatic nitrogens is 5. The Bertz CT molecular complexity index is 1350. The summed E-state index contributed by atoms with van der Waals surface area (Å²) in [6, 6.07) is 9.92. The van der Waals surface area contributed by atoms with Crippen molar-refractivity contribution in [2.24, 2.45) is 0 Å². The Labute approximate surface area is 235 Å². The molecule has 1 aliphatic rings. The van der Waals surface area contributed by atoms with Gasteiger partial charge in [-0.25, -0.2) is 19.7 Å². The number of imidazole rings is 1. The fraction of sp³-hybridized carbons (Fsp3) is 0.414. The third-order valence-electron chi connectivity index (χ3n) is 6.51. The molecular weight excluding hydrogens is 508 g/mol. The number of piperazine rings is 1. The van der Waals surface area contributed by atoms with E-state index in [0.29, 0.717) is 17.3 Å². The van der Waals surface area contributed by atoms with Crippen molar-refractivity contribution < 1.29 is 14.3 Å². The zero-order valence-corrected chi connectivity index (χ0v) is 23.7. The van der Waals surface area contributed by atoms with Crippen LogP contribution in [0.1, 0.15) is 26.5 Å². The zero-order chi connectivity index (χ0) is 28.3. The van der Waals surface area contributed by atoms with Gasteiger partial charge >= 0.3 is 6.09 Å². The Morgan fingerprint density at radius 1 is 1.02 bits per heavy atom. The average molecular weight is 547 g/mol. The van der Waals surface area contributed by atoms with Crippen molar-refractivity contribution >= 4 is 23.1 Å². The van der Waals surface area contributed by atoms with Crippen molar-refractivity contribution in [2.75, 3.05) is 58.4 Å². The van der Waals surface area contributed by atoms with Gasteiger partial charge in [0.2, 0.25) is 5.95 Å². The van der Waals surface area contributed by atoms with Crippen LogP contribution in [-0.2, 0) is 16.0 Å². The van der Waals surface area contributed by atoms with Crippen LogP contribution in [0.25, 0.3) is 33.5 Å². The standard InChI is InChI=1S/C27H32N8O3.C2H6/c1-3-38-27(36)33-26-31-23-16-20(15-22(24(23)32-26)25-28-7-4-8-29-25)19-5-6-21(30-17-19)18-35-11-9-34(10-12-35)13-14-37-2;1-2/h4-8,15-17H,3,9-14,18H2,1-2H3,(H2,31,32,33,36);1-2H3. The molecule has 0 radical (unpaired) electrons. The first-order valence-electron chi connectivity index (χ1n) is 13.8. The fourth-order valence-corrected chi connectivity index (χ4v) is 4.53. The van der Waals surface area contributed by atoms with Crippen molar-refractivity contribution in [1.29, 1.82) is 0 Å². The smallest absolute Gasteiger partial charge is 0.413 e. The predicted octanol–water partition coefficient (Wildman–Crippen LogP) is 4.44. The van der Waals surface area contributed by atoms with E-state index in [-0.39, 0.29) is 6.61 Å². The predicted molar refractivity (Wildman–Crippen MR) is 156 cm³/mol. The first kappa shape index (κ1) is 29.1. The van der Waals surface area contributed by atoms with E-state index in [0.717, 1.165) is 73.8 Å². The first-order chi connectivity index (χ1) is 19.6. The Morgan fingerprint density at radius 2 is 1.77 bits per heavy atom. The van der Waals surface area contributed by atoms with E-state index in [2.05, 4.69) is 47.2 Å². The van der Waals surface area contributed by atoms with Gasteiger partial charge in [0, 0.05) is 76.1 Å². The summed E-state index contributed by atoms with van der Waals surface area (Å²) < 4.78 is 10.2. The molecule has 2 N–H and O–H groups in total. The summed E-state index contributed by atoms with van der Waals surface area (Å²) in [5, 5.41) is 2.63. The van der Waals surface area contributed by atoms with E-state index in [4.69, 9.17) is 14.5 Å².